The predicted octanol–water partition coefficient (Wildman–Crippen LogP) is 3.64. The molecule has 0 unspecified atom stereocenters. The van der Waals surface area contributed by atoms with Gasteiger partial charge in [0.2, 0.25) is 0 Å². The molecule has 0 spiro atoms. The van der Waals surface area contributed by atoms with Crippen LogP contribution in [0, 0.1) is 10.1 Å². The molecule has 1 amide bonds. The van der Waals surface area contributed by atoms with E-state index in [2.05, 4.69) is 5.32 Å². The van der Waals surface area contributed by atoms with Crippen molar-refractivity contribution in [3.05, 3.63) is 58.1 Å². The summed E-state index contributed by atoms with van der Waals surface area (Å²) in [6, 6.07) is 10.6. The first-order chi connectivity index (χ1) is 11.5. The third-order valence-corrected chi connectivity index (χ3v) is 3.12. The normalized spacial score (nSPS) is 10.1. The molecule has 2 aromatic carbocycles. The summed E-state index contributed by atoms with van der Waals surface area (Å²) in [6.07, 6.45) is 0. The predicted molar refractivity (Wildman–Crippen MR) is 89.8 cm³/mol. The maximum absolute atomic E-state index is 12.3. The highest BCUT2D eigenvalue weighted by molar-refractivity contribution is 6.04. The maximum atomic E-state index is 12.3. The van der Waals surface area contributed by atoms with Gasteiger partial charge >= 0.3 is 0 Å². The summed E-state index contributed by atoms with van der Waals surface area (Å²) in [6.45, 7) is 4.62. The average molecular weight is 330 g/mol. The molecule has 2 rings (SSSR count). The highest BCUT2D eigenvalue weighted by Crippen LogP contribution is 2.29. The lowest BCUT2D eigenvalue weighted by molar-refractivity contribution is -0.384. The molecule has 24 heavy (non-hydrogen) atoms. The van der Waals surface area contributed by atoms with Crippen LogP contribution in [-0.4, -0.2) is 24.0 Å². The molecule has 0 radical (unpaired) electrons. The molecular formula is C17H18N2O5. The minimum Gasteiger partial charge on any atom is -0.490 e. The van der Waals surface area contributed by atoms with Crippen molar-refractivity contribution < 1.29 is 19.2 Å². The number of non-ortho nitro benzene ring substituents is 1. The van der Waals surface area contributed by atoms with E-state index in [1.165, 1.54) is 18.2 Å². The summed E-state index contributed by atoms with van der Waals surface area (Å²) in [5.41, 5.74) is 0.629. The van der Waals surface area contributed by atoms with Gasteiger partial charge in [0, 0.05) is 23.4 Å². The second-order valence-corrected chi connectivity index (χ2v) is 4.79. The Balaban J connectivity index is 2.21. The van der Waals surface area contributed by atoms with Crippen LogP contribution >= 0.6 is 0 Å². The van der Waals surface area contributed by atoms with E-state index in [1.807, 2.05) is 13.8 Å². The Morgan fingerprint density at radius 2 is 1.79 bits per heavy atom. The topological polar surface area (TPSA) is 90.7 Å². The molecule has 0 aliphatic heterocycles. The quantitative estimate of drug-likeness (QED) is 0.618. The van der Waals surface area contributed by atoms with E-state index in [1.54, 1.807) is 24.3 Å². The minimum absolute atomic E-state index is 0.0884. The van der Waals surface area contributed by atoms with E-state index >= 15 is 0 Å². The first kappa shape index (κ1) is 17.3. The number of anilines is 1. The number of hydrogen-bond donors (Lipinski definition) is 1. The average Bonchev–Trinajstić information content (AvgIpc) is 2.57. The Bertz CT molecular complexity index is 746. The zero-order valence-corrected chi connectivity index (χ0v) is 13.4. The summed E-state index contributed by atoms with van der Waals surface area (Å²) in [5.74, 6) is 0.650. The lowest BCUT2D eigenvalue weighted by atomic mass is 10.1. The number of nitro benzene ring substituents is 1. The Morgan fingerprint density at radius 3 is 2.46 bits per heavy atom. The van der Waals surface area contributed by atoms with Gasteiger partial charge in [-0.05, 0) is 38.1 Å². The molecular weight excluding hydrogens is 312 g/mol. The summed E-state index contributed by atoms with van der Waals surface area (Å²) >= 11 is 0. The lowest BCUT2D eigenvalue weighted by Gasteiger charge is -2.12. The summed E-state index contributed by atoms with van der Waals surface area (Å²) in [5, 5.41) is 13.4. The van der Waals surface area contributed by atoms with Crippen LogP contribution in [0.25, 0.3) is 0 Å². The van der Waals surface area contributed by atoms with Crippen molar-refractivity contribution >= 4 is 17.3 Å². The molecule has 0 bridgehead atoms. The highest BCUT2D eigenvalue weighted by Gasteiger charge is 2.13. The number of carbonyl (C=O) groups is 1. The van der Waals surface area contributed by atoms with E-state index in [-0.39, 0.29) is 11.6 Å². The molecule has 7 heteroatoms. The van der Waals surface area contributed by atoms with Crippen LogP contribution in [0.5, 0.6) is 11.5 Å². The second kappa shape index (κ2) is 7.96. The summed E-state index contributed by atoms with van der Waals surface area (Å²) < 4.78 is 10.9. The van der Waals surface area contributed by atoms with E-state index in [0.717, 1.165) is 0 Å². The molecule has 7 nitrogen and oxygen atoms in total. The van der Waals surface area contributed by atoms with Gasteiger partial charge in [0.25, 0.3) is 11.6 Å². The van der Waals surface area contributed by atoms with Gasteiger partial charge in [0.15, 0.2) is 11.5 Å². The summed E-state index contributed by atoms with van der Waals surface area (Å²) in [7, 11) is 0. The van der Waals surface area contributed by atoms with Crippen molar-refractivity contribution in [2.45, 2.75) is 13.8 Å². The Kier molecular flexibility index (Phi) is 5.73. The van der Waals surface area contributed by atoms with Gasteiger partial charge in [-0.25, -0.2) is 0 Å². The molecule has 0 saturated carbocycles. The Labute approximate surface area is 139 Å². The van der Waals surface area contributed by atoms with Crippen LogP contribution in [0.2, 0.25) is 0 Å². The van der Waals surface area contributed by atoms with E-state index < -0.39 is 4.92 Å². The third-order valence-electron chi connectivity index (χ3n) is 3.12. The van der Waals surface area contributed by atoms with Gasteiger partial charge in [0.1, 0.15) is 0 Å². The number of ether oxygens (including phenoxy) is 2. The molecule has 0 aromatic heterocycles. The number of nitrogens with one attached hydrogen (secondary N) is 1. The van der Waals surface area contributed by atoms with Crippen LogP contribution in [-0.2, 0) is 0 Å². The first-order valence-electron chi connectivity index (χ1n) is 7.50. The number of carbonyl (C=O) groups excluding carboxylic acids is 1. The monoisotopic (exact) mass is 330 g/mol. The molecule has 0 heterocycles. The van der Waals surface area contributed by atoms with Crippen LogP contribution in [0.1, 0.15) is 24.2 Å². The first-order valence-corrected chi connectivity index (χ1v) is 7.50. The highest BCUT2D eigenvalue weighted by atomic mass is 16.6. The van der Waals surface area contributed by atoms with Gasteiger partial charge in [-0.1, -0.05) is 6.07 Å². The molecule has 1 N–H and O–H groups in total. The standard InChI is InChI=1S/C17H18N2O5/c1-3-23-15-9-8-12(10-16(15)24-4-2)17(20)18-13-6-5-7-14(11-13)19(21)22/h5-11H,3-4H2,1-2H3,(H,18,20). The molecule has 2 aromatic rings. The Morgan fingerprint density at radius 1 is 1.08 bits per heavy atom. The molecule has 0 saturated heterocycles. The van der Waals surface area contributed by atoms with E-state index in [0.29, 0.717) is 36.0 Å². The van der Waals surface area contributed by atoms with E-state index in [9.17, 15) is 14.9 Å². The van der Waals surface area contributed by atoms with Gasteiger partial charge in [-0.2, -0.15) is 0 Å². The van der Waals surface area contributed by atoms with Crippen LogP contribution < -0.4 is 14.8 Å². The Hall–Kier alpha value is -3.09. The third kappa shape index (κ3) is 4.22. The largest absolute Gasteiger partial charge is 0.490 e. The van der Waals surface area contributed by atoms with Crippen molar-refractivity contribution in [2.24, 2.45) is 0 Å². The second-order valence-electron chi connectivity index (χ2n) is 4.79. The zero-order valence-electron chi connectivity index (χ0n) is 13.4. The van der Waals surface area contributed by atoms with Crippen molar-refractivity contribution in [3.8, 4) is 11.5 Å². The number of benzene rings is 2. The smallest absolute Gasteiger partial charge is 0.271 e. The van der Waals surface area contributed by atoms with Crippen molar-refractivity contribution in [1.82, 2.24) is 0 Å². The fraction of sp³-hybridized carbons (Fsp3) is 0.235. The number of nitro groups is 1. The lowest BCUT2D eigenvalue weighted by Crippen LogP contribution is -2.12. The van der Waals surface area contributed by atoms with Gasteiger partial charge < -0.3 is 14.8 Å². The van der Waals surface area contributed by atoms with E-state index in [4.69, 9.17) is 9.47 Å². The number of amides is 1. The molecule has 0 fully saturated rings. The van der Waals surface area contributed by atoms with Crippen molar-refractivity contribution in [1.29, 1.82) is 0 Å². The fourth-order valence-corrected chi connectivity index (χ4v) is 2.09. The number of nitrogens with zero attached hydrogens (tertiary/aromatic N) is 1. The SMILES string of the molecule is CCOc1ccc(C(=O)Nc2cccc([N+](=O)[O-])c2)cc1OCC. The van der Waals surface area contributed by atoms with Gasteiger partial charge in [-0.3, -0.25) is 14.9 Å². The fourth-order valence-electron chi connectivity index (χ4n) is 2.09. The number of hydrogen-bond acceptors (Lipinski definition) is 5. The molecule has 0 atom stereocenters. The van der Waals surface area contributed by atoms with Crippen LogP contribution in [0.4, 0.5) is 11.4 Å². The minimum atomic E-state index is -0.514. The van der Waals surface area contributed by atoms with Crippen molar-refractivity contribution in [3.63, 3.8) is 0 Å². The van der Waals surface area contributed by atoms with Gasteiger partial charge in [0.05, 0.1) is 18.1 Å². The number of rotatable bonds is 7. The van der Waals surface area contributed by atoms with Gasteiger partial charge in [-0.15, -0.1) is 0 Å². The van der Waals surface area contributed by atoms with Crippen LogP contribution in [0.3, 0.4) is 0 Å². The molecule has 0 aliphatic carbocycles. The van der Waals surface area contributed by atoms with Crippen LogP contribution in [0.15, 0.2) is 42.5 Å². The van der Waals surface area contributed by atoms with Crippen molar-refractivity contribution in [2.75, 3.05) is 18.5 Å². The summed E-state index contributed by atoms with van der Waals surface area (Å²) in [4.78, 5) is 22.6. The maximum Gasteiger partial charge on any atom is 0.271 e. The molecule has 0 aliphatic rings. The zero-order chi connectivity index (χ0) is 17.5. The molecule has 126 valence electrons.